The number of hydrogen-bond donors (Lipinski definition) is 1. The Morgan fingerprint density at radius 1 is 1.45 bits per heavy atom. The van der Waals surface area contributed by atoms with Gasteiger partial charge in [-0.15, -0.1) is 11.6 Å². The van der Waals surface area contributed by atoms with E-state index in [1.54, 1.807) is 14.0 Å². The highest BCUT2D eigenvalue weighted by atomic mass is 35.5. The third-order valence-corrected chi connectivity index (χ3v) is 5.12. The average molecular weight is 324 g/mol. The maximum Gasteiger partial charge on any atom is 0.246 e. The number of methoxy groups -OCH3 is 1. The molecule has 0 aliphatic rings. The van der Waals surface area contributed by atoms with E-state index in [-0.39, 0.29) is 16.7 Å². The second-order valence-corrected chi connectivity index (χ2v) is 7.15. The van der Waals surface area contributed by atoms with Crippen LogP contribution in [0.1, 0.15) is 25.2 Å². The molecule has 116 valence electrons. The van der Waals surface area contributed by atoms with Crippen LogP contribution in [-0.2, 0) is 20.6 Å². The Kier molecular flexibility index (Phi) is 6.44. The second-order valence-electron chi connectivity index (χ2n) is 5.01. The van der Waals surface area contributed by atoms with Gasteiger partial charge >= 0.3 is 0 Å². The van der Waals surface area contributed by atoms with Gasteiger partial charge in [0.15, 0.2) is 0 Å². The molecule has 20 heavy (non-hydrogen) atoms. The summed E-state index contributed by atoms with van der Waals surface area (Å²) in [5, 5.41) is 6.64. The number of nitrogens with one attached hydrogen (secondary N) is 1. The molecule has 0 amide bonds. The monoisotopic (exact) mass is 323 g/mol. The average Bonchev–Trinajstić information content (AvgIpc) is 2.75. The van der Waals surface area contributed by atoms with E-state index in [1.807, 2.05) is 13.8 Å². The summed E-state index contributed by atoms with van der Waals surface area (Å²) in [7, 11) is -2.07. The summed E-state index contributed by atoms with van der Waals surface area (Å²) < 4.78 is 32.0. The molecule has 0 spiro atoms. The molecule has 0 radical (unpaired) electrons. The maximum absolute atomic E-state index is 12.8. The van der Waals surface area contributed by atoms with Gasteiger partial charge in [0.25, 0.3) is 0 Å². The third-order valence-electron chi connectivity index (χ3n) is 2.80. The van der Waals surface area contributed by atoms with Crippen LogP contribution in [0.4, 0.5) is 0 Å². The number of aryl methyl sites for hydroxylation is 1. The van der Waals surface area contributed by atoms with E-state index >= 15 is 0 Å². The Hall–Kier alpha value is -0.630. The molecule has 0 atom stereocenters. The van der Waals surface area contributed by atoms with Crippen molar-refractivity contribution in [2.24, 2.45) is 5.92 Å². The topological polar surface area (TPSA) is 75.3 Å². The summed E-state index contributed by atoms with van der Waals surface area (Å²) in [6.45, 7) is 6.71. The molecular weight excluding hydrogens is 302 g/mol. The van der Waals surface area contributed by atoms with Gasteiger partial charge in [-0.25, -0.2) is 8.42 Å². The summed E-state index contributed by atoms with van der Waals surface area (Å²) >= 11 is 5.78. The fourth-order valence-corrected chi connectivity index (χ4v) is 4.13. The summed E-state index contributed by atoms with van der Waals surface area (Å²) in [4.78, 5) is 0.184. The summed E-state index contributed by atoms with van der Waals surface area (Å²) in [6, 6.07) is 0. The fraction of sp³-hybridized carbons (Fsp3) is 0.750. The SMILES string of the molecule is COCCN(CC(C)C)S(=O)(=O)c1c(CCl)n[nH]c1C. The molecule has 0 aliphatic heterocycles. The van der Waals surface area contributed by atoms with Crippen LogP contribution in [0.5, 0.6) is 0 Å². The van der Waals surface area contributed by atoms with E-state index in [2.05, 4.69) is 10.2 Å². The zero-order valence-corrected chi connectivity index (χ0v) is 13.9. The van der Waals surface area contributed by atoms with Crippen LogP contribution >= 0.6 is 11.6 Å². The van der Waals surface area contributed by atoms with E-state index in [0.717, 1.165) is 0 Å². The van der Waals surface area contributed by atoms with Crippen molar-refractivity contribution in [2.45, 2.75) is 31.5 Å². The van der Waals surface area contributed by atoms with Crippen molar-refractivity contribution >= 4 is 21.6 Å². The van der Waals surface area contributed by atoms with Crippen molar-refractivity contribution in [2.75, 3.05) is 26.8 Å². The van der Waals surface area contributed by atoms with Crippen LogP contribution in [0.3, 0.4) is 0 Å². The van der Waals surface area contributed by atoms with Crippen molar-refractivity contribution < 1.29 is 13.2 Å². The van der Waals surface area contributed by atoms with Crippen molar-refractivity contribution in [1.29, 1.82) is 0 Å². The Labute approximate surface area is 125 Å². The molecule has 1 N–H and O–H groups in total. The van der Waals surface area contributed by atoms with E-state index in [9.17, 15) is 8.42 Å². The number of rotatable bonds is 8. The maximum atomic E-state index is 12.8. The molecule has 0 aromatic carbocycles. The highest BCUT2D eigenvalue weighted by Crippen LogP contribution is 2.24. The molecule has 1 aromatic heterocycles. The third kappa shape index (κ3) is 3.94. The highest BCUT2D eigenvalue weighted by molar-refractivity contribution is 7.89. The lowest BCUT2D eigenvalue weighted by atomic mass is 10.2. The van der Waals surface area contributed by atoms with Gasteiger partial charge < -0.3 is 4.74 Å². The van der Waals surface area contributed by atoms with Gasteiger partial charge in [-0.2, -0.15) is 9.40 Å². The Morgan fingerprint density at radius 2 is 2.10 bits per heavy atom. The van der Waals surface area contributed by atoms with Crippen LogP contribution in [-0.4, -0.2) is 49.7 Å². The number of H-pyrrole nitrogens is 1. The first-order chi connectivity index (χ1) is 9.34. The summed E-state index contributed by atoms with van der Waals surface area (Å²) in [6.07, 6.45) is 0. The molecule has 0 saturated heterocycles. The van der Waals surface area contributed by atoms with E-state index < -0.39 is 10.0 Å². The molecular formula is C12H22ClN3O3S. The number of nitrogens with zero attached hydrogens (tertiary/aromatic N) is 2. The number of halogens is 1. The van der Waals surface area contributed by atoms with Gasteiger partial charge in [-0.1, -0.05) is 13.8 Å². The molecule has 6 nitrogen and oxygen atoms in total. The van der Waals surface area contributed by atoms with Gasteiger partial charge in [-0.3, -0.25) is 5.10 Å². The minimum Gasteiger partial charge on any atom is -0.383 e. The minimum atomic E-state index is -3.62. The van der Waals surface area contributed by atoms with Crippen LogP contribution in [0.2, 0.25) is 0 Å². The first kappa shape index (κ1) is 17.4. The molecule has 0 fully saturated rings. The molecule has 8 heteroatoms. The summed E-state index contributed by atoms with van der Waals surface area (Å²) in [5.74, 6) is 0.270. The van der Waals surface area contributed by atoms with Crippen molar-refractivity contribution in [1.82, 2.24) is 14.5 Å². The smallest absolute Gasteiger partial charge is 0.246 e. The van der Waals surface area contributed by atoms with E-state index in [0.29, 0.717) is 31.1 Å². The predicted octanol–water partition coefficient (Wildman–Crippen LogP) is 1.75. The van der Waals surface area contributed by atoms with Crippen LogP contribution in [0.25, 0.3) is 0 Å². The Morgan fingerprint density at radius 3 is 2.60 bits per heavy atom. The van der Waals surface area contributed by atoms with Gasteiger partial charge in [-0.05, 0) is 12.8 Å². The lowest BCUT2D eigenvalue weighted by molar-refractivity contribution is 0.175. The lowest BCUT2D eigenvalue weighted by Gasteiger charge is -2.23. The highest BCUT2D eigenvalue weighted by Gasteiger charge is 2.30. The molecule has 0 unspecified atom stereocenters. The Balaban J connectivity index is 3.17. The van der Waals surface area contributed by atoms with Gasteiger partial charge in [0.1, 0.15) is 4.90 Å². The van der Waals surface area contributed by atoms with E-state index in [1.165, 1.54) is 4.31 Å². The predicted molar refractivity (Wildman–Crippen MR) is 78.4 cm³/mol. The number of aromatic nitrogens is 2. The zero-order chi connectivity index (χ0) is 15.3. The Bertz CT molecular complexity index is 528. The number of sulfonamides is 1. The molecule has 1 aromatic rings. The standard InChI is InChI=1S/C12H22ClN3O3S/c1-9(2)8-16(5-6-19-4)20(17,18)12-10(3)14-15-11(12)7-13/h9H,5-8H2,1-4H3,(H,14,15). The quantitative estimate of drug-likeness (QED) is 0.739. The molecule has 1 heterocycles. The van der Waals surface area contributed by atoms with Gasteiger partial charge in [0, 0.05) is 20.2 Å². The van der Waals surface area contributed by atoms with E-state index in [4.69, 9.17) is 16.3 Å². The largest absolute Gasteiger partial charge is 0.383 e. The van der Waals surface area contributed by atoms with Gasteiger partial charge in [0.05, 0.1) is 23.9 Å². The van der Waals surface area contributed by atoms with Crippen molar-refractivity contribution in [3.8, 4) is 0 Å². The van der Waals surface area contributed by atoms with Crippen molar-refractivity contribution in [3.05, 3.63) is 11.4 Å². The lowest BCUT2D eigenvalue weighted by Crippen LogP contribution is -2.37. The van der Waals surface area contributed by atoms with Crippen molar-refractivity contribution in [3.63, 3.8) is 0 Å². The fourth-order valence-electron chi connectivity index (χ4n) is 1.94. The number of aromatic amines is 1. The zero-order valence-electron chi connectivity index (χ0n) is 12.3. The van der Waals surface area contributed by atoms with Crippen LogP contribution < -0.4 is 0 Å². The normalized spacial score (nSPS) is 12.6. The second kappa shape index (κ2) is 7.40. The number of hydrogen-bond acceptors (Lipinski definition) is 4. The first-order valence-corrected chi connectivity index (χ1v) is 8.40. The molecule has 0 aliphatic carbocycles. The van der Waals surface area contributed by atoms with Gasteiger partial charge in [0.2, 0.25) is 10.0 Å². The van der Waals surface area contributed by atoms with Crippen LogP contribution in [0.15, 0.2) is 4.90 Å². The first-order valence-electron chi connectivity index (χ1n) is 6.43. The van der Waals surface area contributed by atoms with Crippen LogP contribution in [0, 0.1) is 12.8 Å². The molecule has 0 saturated carbocycles. The minimum absolute atomic E-state index is 0.0543. The number of alkyl halides is 1. The number of ether oxygens (including phenoxy) is 1. The molecule has 1 rings (SSSR count). The summed E-state index contributed by atoms with van der Waals surface area (Å²) in [5.41, 5.74) is 0.863. The molecule has 0 bridgehead atoms.